The molecular weight excluding hydrogens is 298 g/mol. The summed E-state index contributed by atoms with van der Waals surface area (Å²) < 4.78 is 1.91. The minimum atomic E-state index is -0.162. The van der Waals surface area contributed by atoms with Gasteiger partial charge < -0.3 is 0 Å². The number of aryl methyl sites for hydroxylation is 2. The Balaban J connectivity index is 1.87. The Kier molecular flexibility index (Phi) is 5.71. The molecule has 2 aromatic rings. The predicted octanol–water partition coefficient (Wildman–Crippen LogP) is 2.16. The Morgan fingerprint density at radius 1 is 1.45 bits per heavy atom. The van der Waals surface area contributed by atoms with Crippen LogP contribution in [0.4, 0.5) is 0 Å². The fraction of sp³-hybridized carbons (Fsp3) is 0.333. The van der Waals surface area contributed by atoms with Crippen LogP contribution in [0.3, 0.4) is 0 Å². The van der Waals surface area contributed by atoms with Crippen molar-refractivity contribution in [3.63, 3.8) is 0 Å². The van der Waals surface area contributed by atoms with Gasteiger partial charge in [-0.2, -0.15) is 10.2 Å². The number of carbonyl (C=O) groups excluding carboxylic acids is 1. The molecule has 0 aromatic carbocycles. The van der Waals surface area contributed by atoms with Gasteiger partial charge in [0, 0.05) is 24.0 Å². The molecule has 22 heavy (non-hydrogen) atoms. The van der Waals surface area contributed by atoms with Crippen LogP contribution in [0.25, 0.3) is 0 Å². The monoisotopic (exact) mass is 317 g/mol. The number of hydrogen-bond donors (Lipinski definition) is 1. The summed E-state index contributed by atoms with van der Waals surface area (Å²) in [6.45, 7) is 6.77. The van der Waals surface area contributed by atoms with Crippen molar-refractivity contribution in [2.75, 3.05) is 5.75 Å². The fourth-order valence-corrected chi connectivity index (χ4v) is 2.63. The molecule has 0 unspecified atom stereocenters. The molecule has 1 amide bonds. The van der Waals surface area contributed by atoms with Crippen LogP contribution in [0.2, 0.25) is 0 Å². The van der Waals surface area contributed by atoms with Crippen molar-refractivity contribution < 1.29 is 4.79 Å². The number of rotatable bonds is 6. The third kappa shape index (κ3) is 4.17. The van der Waals surface area contributed by atoms with Crippen molar-refractivity contribution in [2.45, 2.75) is 32.3 Å². The van der Waals surface area contributed by atoms with Gasteiger partial charge in [0.05, 0.1) is 22.7 Å². The van der Waals surface area contributed by atoms with E-state index in [9.17, 15) is 4.79 Å². The molecule has 0 saturated carbocycles. The van der Waals surface area contributed by atoms with Crippen molar-refractivity contribution in [1.29, 1.82) is 0 Å². The average molecular weight is 317 g/mol. The van der Waals surface area contributed by atoms with Gasteiger partial charge in [-0.3, -0.25) is 9.48 Å². The summed E-state index contributed by atoms with van der Waals surface area (Å²) in [5.74, 6) is 0.116. The maximum atomic E-state index is 11.7. The summed E-state index contributed by atoms with van der Waals surface area (Å²) in [6, 6.07) is 5.60. The minimum Gasteiger partial charge on any atom is -0.272 e. The molecule has 0 aliphatic carbocycles. The lowest BCUT2D eigenvalue weighted by Crippen LogP contribution is -2.19. The second kappa shape index (κ2) is 7.74. The van der Waals surface area contributed by atoms with Crippen molar-refractivity contribution in [2.24, 2.45) is 5.10 Å². The molecule has 2 rings (SSSR count). The van der Waals surface area contributed by atoms with Crippen LogP contribution >= 0.6 is 11.8 Å². The topological polar surface area (TPSA) is 72.2 Å². The first kappa shape index (κ1) is 16.2. The molecular formula is C15H19N5OS. The summed E-state index contributed by atoms with van der Waals surface area (Å²) in [4.78, 5) is 15.9. The first-order chi connectivity index (χ1) is 10.6. The SMILES string of the molecule is CCn1nc(C)c(C=NNC(=O)CSc2ccccn2)c1C. The largest absolute Gasteiger partial charge is 0.272 e. The zero-order chi connectivity index (χ0) is 15.9. The summed E-state index contributed by atoms with van der Waals surface area (Å²) in [6.07, 6.45) is 3.35. The highest BCUT2D eigenvalue weighted by molar-refractivity contribution is 7.99. The maximum Gasteiger partial charge on any atom is 0.250 e. The predicted molar refractivity (Wildman–Crippen MR) is 88.1 cm³/mol. The van der Waals surface area contributed by atoms with Gasteiger partial charge in [0.25, 0.3) is 0 Å². The van der Waals surface area contributed by atoms with Crippen LogP contribution in [0.15, 0.2) is 34.5 Å². The lowest BCUT2D eigenvalue weighted by molar-refractivity contribution is -0.118. The average Bonchev–Trinajstić information content (AvgIpc) is 2.81. The Hall–Kier alpha value is -2.15. The van der Waals surface area contributed by atoms with Gasteiger partial charge in [0.15, 0.2) is 0 Å². The van der Waals surface area contributed by atoms with E-state index in [0.717, 1.165) is 28.5 Å². The fourth-order valence-electron chi connectivity index (χ4n) is 1.98. The van der Waals surface area contributed by atoms with E-state index < -0.39 is 0 Å². The molecule has 2 aromatic heterocycles. The Morgan fingerprint density at radius 2 is 2.27 bits per heavy atom. The first-order valence-electron chi connectivity index (χ1n) is 7.01. The van der Waals surface area contributed by atoms with E-state index in [1.54, 1.807) is 12.4 Å². The van der Waals surface area contributed by atoms with Gasteiger partial charge in [0.2, 0.25) is 5.91 Å². The molecule has 0 spiro atoms. The van der Waals surface area contributed by atoms with Gasteiger partial charge in [-0.25, -0.2) is 10.4 Å². The van der Waals surface area contributed by atoms with Crippen molar-refractivity contribution in [3.05, 3.63) is 41.3 Å². The quantitative estimate of drug-likeness (QED) is 0.503. The number of aromatic nitrogens is 3. The molecule has 2 heterocycles. The molecule has 7 heteroatoms. The molecule has 0 saturated heterocycles. The number of nitrogens with one attached hydrogen (secondary N) is 1. The molecule has 116 valence electrons. The summed E-state index contributed by atoms with van der Waals surface area (Å²) in [5, 5.41) is 9.23. The number of hydrogen-bond acceptors (Lipinski definition) is 5. The van der Waals surface area contributed by atoms with Crippen molar-refractivity contribution in [3.8, 4) is 0 Å². The molecule has 0 aliphatic heterocycles. The summed E-state index contributed by atoms with van der Waals surface area (Å²) in [5.41, 5.74) is 5.42. The highest BCUT2D eigenvalue weighted by Crippen LogP contribution is 2.13. The number of amides is 1. The number of thioether (sulfide) groups is 1. The van der Waals surface area contributed by atoms with Gasteiger partial charge in [-0.05, 0) is 32.9 Å². The number of carbonyl (C=O) groups is 1. The van der Waals surface area contributed by atoms with Gasteiger partial charge >= 0.3 is 0 Å². The number of nitrogens with zero attached hydrogens (tertiary/aromatic N) is 4. The number of pyridine rings is 1. The lowest BCUT2D eigenvalue weighted by atomic mass is 10.2. The minimum absolute atomic E-state index is 0.162. The second-order valence-corrected chi connectivity index (χ2v) is 5.65. The molecule has 0 radical (unpaired) electrons. The van der Waals surface area contributed by atoms with E-state index in [1.807, 2.05) is 43.7 Å². The zero-order valence-corrected chi connectivity index (χ0v) is 13.7. The maximum absolute atomic E-state index is 11.7. The third-order valence-electron chi connectivity index (χ3n) is 3.11. The van der Waals surface area contributed by atoms with Crippen LogP contribution in [0.5, 0.6) is 0 Å². The van der Waals surface area contributed by atoms with Crippen molar-refractivity contribution in [1.82, 2.24) is 20.2 Å². The van der Waals surface area contributed by atoms with Crippen LogP contribution in [0, 0.1) is 13.8 Å². The lowest BCUT2D eigenvalue weighted by Gasteiger charge is -2.00. The van der Waals surface area contributed by atoms with E-state index in [4.69, 9.17) is 0 Å². The summed E-state index contributed by atoms with van der Waals surface area (Å²) in [7, 11) is 0. The van der Waals surface area contributed by atoms with Crippen LogP contribution in [-0.2, 0) is 11.3 Å². The molecule has 1 N–H and O–H groups in total. The number of hydrazone groups is 1. The normalized spacial score (nSPS) is 11.0. The second-order valence-electron chi connectivity index (χ2n) is 4.65. The van der Waals surface area contributed by atoms with E-state index in [-0.39, 0.29) is 11.7 Å². The Bertz CT molecular complexity index is 666. The van der Waals surface area contributed by atoms with Gasteiger partial charge in [0.1, 0.15) is 0 Å². The van der Waals surface area contributed by atoms with E-state index in [0.29, 0.717) is 0 Å². The zero-order valence-electron chi connectivity index (χ0n) is 12.9. The van der Waals surface area contributed by atoms with Gasteiger partial charge in [-0.1, -0.05) is 17.8 Å². The molecule has 0 bridgehead atoms. The van der Waals surface area contributed by atoms with E-state index in [1.165, 1.54) is 11.8 Å². The van der Waals surface area contributed by atoms with Crippen molar-refractivity contribution >= 4 is 23.9 Å². The van der Waals surface area contributed by atoms with Gasteiger partial charge in [-0.15, -0.1) is 0 Å². The van der Waals surface area contributed by atoms with E-state index in [2.05, 4.69) is 20.6 Å². The van der Waals surface area contributed by atoms with E-state index >= 15 is 0 Å². The highest BCUT2D eigenvalue weighted by atomic mass is 32.2. The third-order valence-corrected chi connectivity index (χ3v) is 4.05. The summed E-state index contributed by atoms with van der Waals surface area (Å²) >= 11 is 1.38. The van der Waals surface area contributed by atoms with Crippen LogP contribution in [0.1, 0.15) is 23.9 Å². The highest BCUT2D eigenvalue weighted by Gasteiger charge is 2.08. The van der Waals surface area contributed by atoms with Crippen LogP contribution < -0.4 is 5.43 Å². The standard InChI is InChI=1S/C15H19N5OS/c1-4-20-12(3)13(11(2)19-20)9-17-18-14(21)10-22-15-7-5-6-8-16-15/h5-9H,4,10H2,1-3H3,(H,18,21). The Labute approximate surface area is 134 Å². The molecule has 0 fully saturated rings. The molecule has 0 atom stereocenters. The van der Waals surface area contributed by atoms with Crippen LogP contribution in [-0.4, -0.2) is 32.6 Å². The Morgan fingerprint density at radius 3 is 2.91 bits per heavy atom. The molecule has 0 aliphatic rings. The first-order valence-corrected chi connectivity index (χ1v) is 8.00. The smallest absolute Gasteiger partial charge is 0.250 e. The molecule has 6 nitrogen and oxygen atoms in total.